The van der Waals surface area contributed by atoms with Gasteiger partial charge in [0.15, 0.2) is 5.96 Å². The van der Waals surface area contributed by atoms with Crippen LogP contribution < -0.4 is 10.6 Å². The molecule has 6 heteroatoms. The number of carbonyl (C=O) groups is 1. The zero-order valence-electron chi connectivity index (χ0n) is 11.1. The Morgan fingerprint density at radius 1 is 1.39 bits per heavy atom. The van der Waals surface area contributed by atoms with Gasteiger partial charge in [-0.05, 0) is 25.2 Å². The standard InChI is InChI=1S/C12H22N4O.HI/c1-9-7-10(9)15-12(13-2)14-8-11(17)16-5-3-4-6-16;/h9-10H,3-8H2,1-2H3,(H2,13,14,15);1H. The van der Waals surface area contributed by atoms with Gasteiger partial charge < -0.3 is 15.5 Å². The Kier molecular flexibility index (Phi) is 6.17. The lowest BCUT2D eigenvalue weighted by atomic mass is 10.4. The van der Waals surface area contributed by atoms with Crippen molar-refractivity contribution in [3.8, 4) is 0 Å². The highest BCUT2D eigenvalue weighted by molar-refractivity contribution is 14.0. The zero-order valence-corrected chi connectivity index (χ0v) is 13.4. The molecule has 0 aromatic carbocycles. The number of aliphatic imine (C=N–C) groups is 1. The molecule has 1 saturated carbocycles. The van der Waals surface area contributed by atoms with Gasteiger partial charge in [-0.3, -0.25) is 9.79 Å². The molecule has 1 saturated heterocycles. The van der Waals surface area contributed by atoms with E-state index in [1.807, 2.05) is 4.90 Å². The number of amides is 1. The predicted octanol–water partition coefficient (Wildman–Crippen LogP) is 0.800. The first-order chi connectivity index (χ1) is 8.20. The van der Waals surface area contributed by atoms with Crippen molar-refractivity contribution in [2.75, 3.05) is 26.7 Å². The maximum absolute atomic E-state index is 11.8. The summed E-state index contributed by atoms with van der Waals surface area (Å²) in [4.78, 5) is 17.9. The van der Waals surface area contributed by atoms with Gasteiger partial charge in [0.05, 0.1) is 6.54 Å². The number of hydrogen-bond donors (Lipinski definition) is 2. The zero-order chi connectivity index (χ0) is 12.3. The summed E-state index contributed by atoms with van der Waals surface area (Å²) < 4.78 is 0. The molecule has 2 atom stereocenters. The van der Waals surface area contributed by atoms with E-state index in [2.05, 4.69) is 22.5 Å². The minimum Gasteiger partial charge on any atom is -0.353 e. The van der Waals surface area contributed by atoms with Crippen LogP contribution in [0.2, 0.25) is 0 Å². The lowest BCUT2D eigenvalue weighted by molar-refractivity contribution is -0.128. The van der Waals surface area contributed by atoms with E-state index in [-0.39, 0.29) is 29.9 Å². The number of rotatable bonds is 3. The van der Waals surface area contributed by atoms with Crippen molar-refractivity contribution in [1.29, 1.82) is 0 Å². The number of nitrogens with zero attached hydrogens (tertiary/aromatic N) is 2. The summed E-state index contributed by atoms with van der Waals surface area (Å²) in [5.74, 6) is 1.64. The quantitative estimate of drug-likeness (QED) is 0.442. The van der Waals surface area contributed by atoms with Crippen molar-refractivity contribution >= 4 is 35.8 Å². The van der Waals surface area contributed by atoms with Gasteiger partial charge in [-0.1, -0.05) is 6.92 Å². The Balaban J connectivity index is 0.00000162. The van der Waals surface area contributed by atoms with E-state index in [0.717, 1.165) is 37.8 Å². The topological polar surface area (TPSA) is 56.7 Å². The molecule has 2 fully saturated rings. The largest absolute Gasteiger partial charge is 0.353 e. The molecular weight excluding hydrogens is 343 g/mol. The van der Waals surface area contributed by atoms with Crippen LogP contribution in [0.25, 0.3) is 0 Å². The second-order valence-electron chi connectivity index (χ2n) is 4.98. The van der Waals surface area contributed by atoms with E-state index < -0.39 is 0 Å². The fourth-order valence-electron chi connectivity index (χ4n) is 2.13. The molecule has 0 aromatic rings. The molecule has 2 rings (SSSR count). The van der Waals surface area contributed by atoms with Crippen LogP contribution in [-0.4, -0.2) is 49.5 Å². The van der Waals surface area contributed by atoms with E-state index in [1.165, 1.54) is 6.42 Å². The molecule has 2 aliphatic rings. The summed E-state index contributed by atoms with van der Waals surface area (Å²) >= 11 is 0. The van der Waals surface area contributed by atoms with Gasteiger partial charge in [-0.15, -0.1) is 24.0 Å². The highest BCUT2D eigenvalue weighted by Gasteiger charge is 2.33. The number of carbonyl (C=O) groups excluding carboxylic acids is 1. The smallest absolute Gasteiger partial charge is 0.241 e. The SMILES string of the molecule is CN=C(NCC(=O)N1CCCC1)NC1CC1C.I. The van der Waals surface area contributed by atoms with Crippen LogP contribution in [-0.2, 0) is 4.79 Å². The first-order valence-electron chi connectivity index (χ1n) is 6.45. The van der Waals surface area contributed by atoms with Crippen molar-refractivity contribution in [2.45, 2.75) is 32.2 Å². The molecule has 5 nitrogen and oxygen atoms in total. The molecule has 1 aliphatic heterocycles. The second kappa shape index (κ2) is 7.16. The molecule has 0 radical (unpaired) electrons. The van der Waals surface area contributed by atoms with Crippen LogP contribution in [0, 0.1) is 5.92 Å². The molecule has 2 unspecified atom stereocenters. The second-order valence-corrected chi connectivity index (χ2v) is 4.98. The van der Waals surface area contributed by atoms with Crippen LogP contribution in [0.1, 0.15) is 26.2 Å². The van der Waals surface area contributed by atoms with Crippen LogP contribution in [0.15, 0.2) is 4.99 Å². The summed E-state index contributed by atoms with van der Waals surface area (Å²) in [6, 6.07) is 0.531. The van der Waals surface area contributed by atoms with Gasteiger partial charge in [0.25, 0.3) is 0 Å². The summed E-state index contributed by atoms with van der Waals surface area (Å²) in [7, 11) is 1.74. The molecule has 0 bridgehead atoms. The van der Waals surface area contributed by atoms with E-state index in [0.29, 0.717) is 12.6 Å². The Labute approximate surface area is 126 Å². The third kappa shape index (κ3) is 4.29. The average Bonchev–Trinajstić information content (AvgIpc) is 2.85. The molecule has 18 heavy (non-hydrogen) atoms. The van der Waals surface area contributed by atoms with Crippen LogP contribution >= 0.6 is 24.0 Å². The Morgan fingerprint density at radius 2 is 2.00 bits per heavy atom. The predicted molar refractivity (Wildman–Crippen MR) is 83.3 cm³/mol. The number of hydrogen-bond acceptors (Lipinski definition) is 2. The first-order valence-corrected chi connectivity index (χ1v) is 6.45. The van der Waals surface area contributed by atoms with E-state index in [1.54, 1.807) is 7.05 Å². The maximum atomic E-state index is 11.8. The third-order valence-corrected chi connectivity index (χ3v) is 3.52. The van der Waals surface area contributed by atoms with Gasteiger partial charge in [0.2, 0.25) is 5.91 Å². The summed E-state index contributed by atoms with van der Waals surface area (Å²) in [6.45, 7) is 4.37. The molecule has 2 N–H and O–H groups in total. The number of likely N-dealkylation sites (tertiary alicyclic amines) is 1. The van der Waals surface area contributed by atoms with Crippen LogP contribution in [0.5, 0.6) is 0 Å². The Bertz CT molecular complexity index is 315. The van der Waals surface area contributed by atoms with Gasteiger partial charge in [0.1, 0.15) is 0 Å². The third-order valence-electron chi connectivity index (χ3n) is 3.52. The van der Waals surface area contributed by atoms with Crippen molar-refractivity contribution in [3.63, 3.8) is 0 Å². The molecule has 1 heterocycles. The normalized spacial score (nSPS) is 26.6. The maximum Gasteiger partial charge on any atom is 0.241 e. The van der Waals surface area contributed by atoms with Crippen molar-refractivity contribution in [1.82, 2.24) is 15.5 Å². The van der Waals surface area contributed by atoms with Gasteiger partial charge in [-0.25, -0.2) is 0 Å². The monoisotopic (exact) mass is 366 g/mol. The van der Waals surface area contributed by atoms with Crippen molar-refractivity contribution in [3.05, 3.63) is 0 Å². The first kappa shape index (κ1) is 15.5. The molecular formula is C12H23IN4O. The van der Waals surface area contributed by atoms with Gasteiger partial charge in [-0.2, -0.15) is 0 Å². The summed E-state index contributed by atoms with van der Waals surface area (Å²) in [6.07, 6.45) is 3.47. The molecule has 1 amide bonds. The number of halogens is 1. The van der Waals surface area contributed by atoms with E-state index in [9.17, 15) is 4.79 Å². The van der Waals surface area contributed by atoms with Crippen LogP contribution in [0.3, 0.4) is 0 Å². The molecule has 0 spiro atoms. The summed E-state index contributed by atoms with van der Waals surface area (Å²) in [5.41, 5.74) is 0. The van der Waals surface area contributed by atoms with Crippen LogP contribution in [0.4, 0.5) is 0 Å². The van der Waals surface area contributed by atoms with Crippen molar-refractivity contribution < 1.29 is 4.79 Å². The minimum absolute atomic E-state index is 0. The Hall–Kier alpha value is -0.530. The fourth-order valence-corrected chi connectivity index (χ4v) is 2.13. The highest BCUT2D eigenvalue weighted by Crippen LogP contribution is 2.28. The fraction of sp³-hybridized carbons (Fsp3) is 0.833. The van der Waals surface area contributed by atoms with Gasteiger partial charge in [0, 0.05) is 26.2 Å². The Morgan fingerprint density at radius 3 is 2.50 bits per heavy atom. The lowest BCUT2D eigenvalue weighted by Gasteiger charge is -2.17. The van der Waals surface area contributed by atoms with E-state index >= 15 is 0 Å². The molecule has 1 aliphatic carbocycles. The molecule has 0 aromatic heterocycles. The lowest BCUT2D eigenvalue weighted by Crippen LogP contribution is -2.44. The molecule has 104 valence electrons. The van der Waals surface area contributed by atoms with E-state index in [4.69, 9.17) is 0 Å². The highest BCUT2D eigenvalue weighted by atomic mass is 127. The number of guanidine groups is 1. The summed E-state index contributed by atoms with van der Waals surface area (Å²) in [5, 5.41) is 6.39. The minimum atomic E-state index is 0. The number of nitrogens with one attached hydrogen (secondary N) is 2. The average molecular weight is 366 g/mol. The van der Waals surface area contributed by atoms with Gasteiger partial charge >= 0.3 is 0 Å². The van der Waals surface area contributed by atoms with Crippen molar-refractivity contribution in [2.24, 2.45) is 10.9 Å².